The molecule has 6 heteroatoms. The maximum atomic E-state index is 7.60. The van der Waals surface area contributed by atoms with Crippen molar-refractivity contribution in [1.29, 1.82) is 0 Å². The van der Waals surface area contributed by atoms with E-state index in [2.05, 4.69) is 173 Å². The van der Waals surface area contributed by atoms with Crippen molar-refractivity contribution in [3.8, 4) is 34.5 Å². The molecule has 2 heterocycles. The summed E-state index contributed by atoms with van der Waals surface area (Å²) in [4.78, 5) is 0. The van der Waals surface area contributed by atoms with Crippen LogP contribution in [0.5, 0.6) is 34.5 Å². The van der Waals surface area contributed by atoms with E-state index in [1.165, 1.54) is 103 Å². The molecule has 0 fully saturated rings. The van der Waals surface area contributed by atoms with Crippen molar-refractivity contribution in [2.24, 2.45) is 0 Å². The van der Waals surface area contributed by atoms with E-state index < -0.39 is 11.2 Å². The highest BCUT2D eigenvalue weighted by Crippen LogP contribution is 2.54. The lowest BCUT2D eigenvalue weighted by molar-refractivity contribution is 0.157. The fraction of sp³-hybridized carbons (Fsp3) is 0.441. The average Bonchev–Trinajstić information content (AvgIpc) is 3.47. The molecule has 0 aliphatic carbocycles. The molecule has 0 saturated carbocycles. The van der Waals surface area contributed by atoms with Gasteiger partial charge in [-0.3, -0.25) is 0 Å². The Balaban J connectivity index is 1.13. The van der Waals surface area contributed by atoms with Gasteiger partial charge in [0.25, 0.3) is 0 Å². The van der Waals surface area contributed by atoms with E-state index in [0.717, 1.165) is 104 Å². The second kappa shape index (κ2) is 28.0. The number of benzene rings is 6. The monoisotopic (exact) mass is 997 g/mol. The van der Waals surface area contributed by atoms with Gasteiger partial charge in [-0.15, -0.1) is 0 Å². The van der Waals surface area contributed by atoms with Gasteiger partial charge in [0.2, 0.25) is 0 Å². The number of hydrogen-bond donors (Lipinski definition) is 0. The number of rotatable bonds is 32. The van der Waals surface area contributed by atoms with Gasteiger partial charge in [-0.2, -0.15) is 0 Å². The fourth-order valence-corrected chi connectivity index (χ4v) is 10.5. The summed E-state index contributed by atoms with van der Waals surface area (Å²) >= 11 is 0. The van der Waals surface area contributed by atoms with Gasteiger partial charge in [0.1, 0.15) is 34.5 Å². The second-order valence-corrected chi connectivity index (χ2v) is 20.5. The van der Waals surface area contributed by atoms with Crippen LogP contribution in [0.3, 0.4) is 0 Å². The molecule has 2 aliphatic rings. The molecule has 0 saturated heterocycles. The van der Waals surface area contributed by atoms with Crippen molar-refractivity contribution >= 4 is 22.9 Å². The summed E-state index contributed by atoms with van der Waals surface area (Å²) < 4.78 is 40.3. The lowest BCUT2D eigenvalue weighted by atomic mass is 9.80. The Hall–Kier alpha value is -6.14. The molecule has 6 nitrogen and oxygen atoms in total. The van der Waals surface area contributed by atoms with Crippen LogP contribution in [0, 0.1) is 0 Å². The van der Waals surface area contributed by atoms with E-state index in [0.29, 0.717) is 26.4 Å². The van der Waals surface area contributed by atoms with Crippen LogP contribution in [0.1, 0.15) is 189 Å². The van der Waals surface area contributed by atoms with E-state index in [1.807, 2.05) is 0 Å². The molecule has 0 unspecified atom stereocenters. The van der Waals surface area contributed by atoms with Crippen molar-refractivity contribution in [3.63, 3.8) is 0 Å². The van der Waals surface area contributed by atoms with Crippen LogP contribution in [0.4, 0.5) is 0 Å². The van der Waals surface area contributed by atoms with Gasteiger partial charge >= 0.3 is 0 Å². The summed E-state index contributed by atoms with van der Waals surface area (Å²) in [7, 11) is 0. The maximum Gasteiger partial charge on any atom is 0.178 e. The Kier molecular flexibility index (Phi) is 20.4. The lowest BCUT2D eigenvalue weighted by Crippen LogP contribution is -2.36. The minimum atomic E-state index is -0.941. The zero-order valence-corrected chi connectivity index (χ0v) is 45.3. The topological polar surface area (TPSA) is 55.4 Å². The average molecular weight is 997 g/mol. The predicted octanol–water partition coefficient (Wildman–Crippen LogP) is 18.9. The summed E-state index contributed by atoms with van der Waals surface area (Å²) in [5, 5.41) is 1.96. The molecule has 8 rings (SSSR count). The number of fused-ring (bicyclic) bond motifs is 6. The van der Waals surface area contributed by atoms with Gasteiger partial charge in [-0.05, 0) is 98.5 Å². The summed E-state index contributed by atoms with van der Waals surface area (Å²) in [6.07, 6.45) is 32.9. The van der Waals surface area contributed by atoms with E-state index >= 15 is 0 Å². The van der Waals surface area contributed by atoms with Crippen LogP contribution in [-0.4, -0.2) is 26.4 Å². The third-order valence-electron chi connectivity index (χ3n) is 14.9. The van der Waals surface area contributed by atoms with Crippen molar-refractivity contribution in [2.45, 2.75) is 167 Å². The van der Waals surface area contributed by atoms with Crippen LogP contribution < -0.4 is 28.4 Å². The van der Waals surface area contributed by atoms with Gasteiger partial charge in [0.05, 0.1) is 26.4 Å². The van der Waals surface area contributed by atoms with E-state index in [9.17, 15) is 0 Å². The molecule has 0 bridgehead atoms. The van der Waals surface area contributed by atoms with Crippen molar-refractivity contribution in [1.82, 2.24) is 0 Å². The first-order valence-electron chi connectivity index (χ1n) is 28.8. The molecule has 0 N–H and O–H groups in total. The third-order valence-corrected chi connectivity index (χ3v) is 14.9. The largest absolute Gasteiger partial charge is 0.494 e. The minimum Gasteiger partial charge on any atom is -0.494 e. The zero-order chi connectivity index (χ0) is 51.3. The van der Waals surface area contributed by atoms with Gasteiger partial charge in [0, 0.05) is 44.2 Å². The number of unbranched alkanes of at least 4 members (excludes halogenated alkanes) is 16. The molecule has 0 amide bonds. The molecular formula is C68H84O6. The smallest absolute Gasteiger partial charge is 0.178 e. The minimum absolute atomic E-state index is 0.712. The lowest BCUT2D eigenvalue weighted by Gasteiger charge is -2.40. The van der Waals surface area contributed by atoms with Crippen LogP contribution in [0.15, 0.2) is 133 Å². The zero-order valence-electron chi connectivity index (χ0n) is 45.3. The van der Waals surface area contributed by atoms with Crippen LogP contribution in [-0.2, 0) is 11.2 Å². The van der Waals surface area contributed by atoms with Gasteiger partial charge in [0.15, 0.2) is 11.2 Å². The molecule has 0 radical (unpaired) electrons. The Labute approximate surface area is 444 Å². The summed E-state index contributed by atoms with van der Waals surface area (Å²) in [5.74, 6) is 5.10. The first-order chi connectivity index (χ1) is 36.5. The highest BCUT2D eigenvalue weighted by molar-refractivity contribution is 6.02. The number of hydrogen-bond acceptors (Lipinski definition) is 6. The Morgan fingerprint density at radius 2 is 0.568 bits per heavy atom. The fourth-order valence-electron chi connectivity index (χ4n) is 10.5. The molecule has 0 spiro atoms. The van der Waals surface area contributed by atoms with Gasteiger partial charge in [-0.25, -0.2) is 0 Å². The van der Waals surface area contributed by atoms with E-state index in [4.69, 9.17) is 28.4 Å². The Bertz CT molecular complexity index is 2360. The van der Waals surface area contributed by atoms with Crippen molar-refractivity contribution < 1.29 is 28.4 Å². The maximum absolute atomic E-state index is 7.60. The molecule has 6 aromatic carbocycles. The van der Waals surface area contributed by atoms with Gasteiger partial charge in [-0.1, -0.05) is 203 Å². The molecule has 2 aliphatic heterocycles. The number of ether oxygens (including phenoxy) is 6. The van der Waals surface area contributed by atoms with Crippen LogP contribution in [0.25, 0.3) is 22.9 Å². The molecule has 0 atom stereocenters. The third kappa shape index (κ3) is 13.6. The first-order valence-corrected chi connectivity index (χ1v) is 28.8. The molecule has 6 aromatic rings. The molecular weight excluding hydrogens is 913 g/mol. The summed E-state index contributed by atoms with van der Waals surface area (Å²) in [5.41, 5.74) is 4.14. The van der Waals surface area contributed by atoms with Crippen molar-refractivity contribution in [2.75, 3.05) is 26.4 Å². The standard InChI is InChI=1S/C68H84O6/c1-5-9-13-17-23-49-69-57-37-29-53(30-38-57)67(54-31-39-58(40-32-54)70-50-24-18-14-10-6-2)47-45-63-64-46-48-68(74-66(64)62-28-22-21-27-61(62)65(63)73-67,55-33-41-59(42-34-55)71-51-25-19-15-11-7-3)56-35-43-60(44-36-56)72-52-26-20-16-12-8-4/h21-22,27-48H,5-20,23-26,49-52H2,1-4H3. The first kappa shape index (κ1) is 54.1. The predicted molar refractivity (Wildman–Crippen MR) is 308 cm³/mol. The molecule has 74 heavy (non-hydrogen) atoms. The summed E-state index contributed by atoms with van der Waals surface area (Å²) in [6, 6.07) is 42.5. The van der Waals surface area contributed by atoms with Gasteiger partial charge < -0.3 is 28.4 Å². The SMILES string of the molecule is CCCCCCCOc1ccc(C2(c3ccc(OCCCCCCC)cc3)C=Cc3c4c(c5ccccc5c3O2)OC(c2ccc(OCCCCCCC)cc2)(c2ccc(OCCCCCCC)cc2)C=C4)cc1. The second-order valence-electron chi connectivity index (χ2n) is 20.5. The molecule has 0 aromatic heterocycles. The Morgan fingerprint density at radius 3 is 0.824 bits per heavy atom. The molecule has 392 valence electrons. The van der Waals surface area contributed by atoms with E-state index in [-0.39, 0.29) is 0 Å². The highest BCUT2D eigenvalue weighted by Gasteiger charge is 2.42. The van der Waals surface area contributed by atoms with Crippen molar-refractivity contribution in [3.05, 3.63) is 167 Å². The quantitative estimate of drug-likeness (QED) is 0.0393. The van der Waals surface area contributed by atoms with Crippen LogP contribution >= 0.6 is 0 Å². The highest BCUT2D eigenvalue weighted by atomic mass is 16.5. The summed E-state index contributed by atoms with van der Waals surface area (Å²) in [6.45, 7) is 11.9. The van der Waals surface area contributed by atoms with Crippen LogP contribution in [0.2, 0.25) is 0 Å². The van der Waals surface area contributed by atoms with E-state index in [1.54, 1.807) is 0 Å². The normalized spacial score (nSPS) is 13.9. The Morgan fingerprint density at radius 1 is 0.311 bits per heavy atom.